The summed E-state index contributed by atoms with van der Waals surface area (Å²) in [5.74, 6) is 1.01. The molecule has 0 saturated carbocycles. The average molecular weight is 871 g/mol. The second kappa shape index (κ2) is 18.6. The minimum atomic E-state index is -0.552. The number of piperazine rings is 1. The molecule has 2 atom stereocenters. The molecule has 336 valence electrons. The lowest BCUT2D eigenvalue weighted by Gasteiger charge is -2.39. The fraction of sp³-hybridized carbons (Fsp3) is 0.449. The molecule has 4 aliphatic heterocycles. The molecule has 4 saturated heterocycles. The van der Waals surface area contributed by atoms with Crippen molar-refractivity contribution in [3.63, 3.8) is 0 Å². The molecule has 2 aromatic carbocycles. The van der Waals surface area contributed by atoms with Crippen molar-refractivity contribution in [2.45, 2.75) is 63.5 Å². The van der Waals surface area contributed by atoms with E-state index in [1.165, 1.54) is 17.3 Å². The highest BCUT2D eigenvalue weighted by atomic mass is 19.1. The number of imide groups is 1. The van der Waals surface area contributed by atoms with Crippen molar-refractivity contribution < 1.29 is 23.5 Å². The number of amides is 3. The molecule has 0 spiro atoms. The molecule has 5 aromatic rings. The van der Waals surface area contributed by atoms with Gasteiger partial charge >= 0.3 is 0 Å². The van der Waals surface area contributed by atoms with Gasteiger partial charge in [-0.2, -0.15) is 4.98 Å². The largest absolute Gasteiger partial charge is 0.480 e. The molecule has 7 heterocycles. The van der Waals surface area contributed by atoms with Crippen molar-refractivity contribution in [3.8, 4) is 17.0 Å². The first-order chi connectivity index (χ1) is 31.0. The van der Waals surface area contributed by atoms with Crippen molar-refractivity contribution in [3.05, 3.63) is 95.6 Å². The maximum absolute atomic E-state index is 15.2. The number of nitrogen functional groups attached to an aromatic ring is 1. The van der Waals surface area contributed by atoms with E-state index in [1.807, 2.05) is 35.4 Å². The SMILES string of the molecule is COc1nc(N)ccc1-c1ccnc2c1cc([C@H](C)N1CCC(c3ccc(C(=O)N4CCC(CN5CCN(c6ccc(NC7CCC(=O)NC7=O)cc6F)CC5)CC4)cc3)CC1)n2C. The number of aryl methyl sites for hydroxylation is 1. The molecule has 14 nitrogen and oxygen atoms in total. The van der Waals surface area contributed by atoms with Gasteiger partial charge < -0.3 is 30.2 Å². The number of rotatable bonds is 11. The van der Waals surface area contributed by atoms with Crippen LogP contribution in [0.2, 0.25) is 0 Å². The van der Waals surface area contributed by atoms with Crippen LogP contribution in [-0.2, 0) is 16.6 Å². The lowest BCUT2D eigenvalue weighted by atomic mass is 9.88. The number of fused-ring (bicyclic) bond motifs is 1. The predicted molar refractivity (Wildman–Crippen MR) is 247 cm³/mol. The number of carbonyl (C=O) groups is 3. The van der Waals surface area contributed by atoms with Crippen LogP contribution >= 0.6 is 0 Å². The Balaban J connectivity index is 0.723. The molecule has 9 rings (SSSR count). The molecule has 15 heteroatoms. The summed E-state index contributed by atoms with van der Waals surface area (Å²) >= 11 is 0. The van der Waals surface area contributed by atoms with Gasteiger partial charge in [0.05, 0.1) is 12.8 Å². The first kappa shape index (κ1) is 43.2. The molecule has 4 fully saturated rings. The molecule has 4 aliphatic rings. The Morgan fingerprint density at radius 1 is 0.906 bits per heavy atom. The van der Waals surface area contributed by atoms with Gasteiger partial charge in [-0.15, -0.1) is 0 Å². The van der Waals surface area contributed by atoms with Crippen LogP contribution in [0.1, 0.15) is 79.0 Å². The third-order valence-corrected chi connectivity index (χ3v) is 14.1. The number of hydrogen-bond donors (Lipinski definition) is 3. The number of nitrogens with one attached hydrogen (secondary N) is 2. The number of methoxy groups -OCH3 is 1. The van der Waals surface area contributed by atoms with Crippen molar-refractivity contribution in [2.75, 3.05) is 82.0 Å². The number of carbonyl (C=O) groups excluding carboxylic acids is 3. The molecule has 3 aromatic heterocycles. The van der Waals surface area contributed by atoms with Crippen LogP contribution < -0.4 is 26.0 Å². The van der Waals surface area contributed by atoms with Gasteiger partial charge in [0.15, 0.2) is 0 Å². The predicted octanol–water partition coefficient (Wildman–Crippen LogP) is 6.20. The van der Waals surface area contributed by atoms with Crippen LogP contribution in [0, 0.1) is 11.7 Å². The summed E-state index contributed by atoms with van der Waals surface area (Å²) in [7, 11) is 3.70. The smallest absolute Gasteiger partial charge is 0.253 e. The quantitative estimate of drug-likeness (QED) is 0.130. The standard InChI is InChI=1S/C49H59FN10O4/c1-31(43-29-39-37(14-19-52-46(39)56(43)2)38-9-12-44(51)54-48(38)64-3)58-22-17-34(18-23-58)33-4-6-35(7-5-33)49(63)60-20-15-32(16-21-60)30-57-24-26-59(27-25-57)42-11-8-36(28-40(42)50)53-41-10-13-45(61)55-47(41)62/h4-9,11-12,14,19,28-29,31-32,34,41,53H,10,13,15-18,20-27,30H2,1-3H3,(H2,51,54)(H,55,61,62)/t31-,41?/m0/s1. The van der Waals surface area contributed by atoms with Crippen molar-refractivity contribution in [1.82, 2.24) is 34.6 Å². The van der Waals surface area contributed by atoms with E-state index in [-0.39, 0.29) is 36.0 Å². The number of ether oxygens (including phenoxy) is 1. The lowest BCUT2D eigenvalue weighted by Crippen LogP contribution is -2.49. The highest BCUT2D eigenvalue weighted by Crippen LogP contribution is 2.38. The van der Waals surface area contributed by atoms with Crippen LogP contribution in [0.5, 0.6) is 5.88 Å². The average Bonchev–Trinajstić information content (AvgIpc) is 3.66. The summed E-state index contributed by atoms with van der Waals surface area (Å²) in [5.41, 5.74) is 13.1. The van der Waals surface area contributed by atoms with Gasteiger partial charge in [0.25, 0.3) is 5.91 Å². The summed E-state index contributed by atoms with van der Waals surface area (Å²) in [4.78, 5) is 55.5. The lowest BCUT2D eigenvalue weighted by molar-refractivity contribution is -0.133. The van der Waals surface area contributed by atoms with Crippen molar-refractivity contribution >= 4 is 45.9 Å². The number of benzene rings is 2. The van der Waals surface area contributed by atoms with Gasteiger partial charge in [-0.3, -0.25) is 29.5 Å². The zero-order valence-electron chi connectivity index (χ0n) is 37.1. The highest BCUT2D eigenvalue weighted by molar-refractivity contribution is 6.01. The first-order valence-electron chi connectivity index (χ1n) is 22.8. The maximum Gasteiger partial charge on any atom is 0.253 e. The van der Waals surface area contributed by atoms with Gasteiger partial charge in [-0.1, -0.05) is 12.1 Å². The molecule has 64 heavy (non-hydrogen) atoms. The van der Waals surface area contributed by atoms with Crippen LogP contribution in [-0.4, -0.2) is 119 Å². The molecule has 0 bridgehead atoms. The molecule has 4 N–H and O–H groups in total. The van der Waals surface area contributed by atoms with Crippen molar-refractivity contribution in [1.29, 1.82) is 0 Å². The Morgan fingerprint density at radius 2 is 1.66 bits per heavy atom. The zero-order chi connectivity index (χ0) is 44.5. The minimum Gasteiger partial charge on any atom is -0.480 e. The van der Waals surface area contributed by atoms with E-state index in [4.69, 9.17) is 15.5 Å². The van der Waals surface area contributed by atoms with Crippen LogP contribution in [0.15, 0.2) is 72.9 Å². The zero-order valence-corrected chi connectivity index (χ0v) is 37.1. The van der Waals surface area contributed by atoms with E-state index < -0.39 is 6.04 Å². The van der Waals surface area contributed by atoms with Gasteiger partial charge in [-0.05, 0) is 130 Å². The van der Waals surface area contributed by atoms with Gasteiger partial charge in [0.1, 0.15) is 23.3 Å². The Bertz CT molecular complexity index is 2510. The van der Waals surface area contributed by atoms with E-state index in [9.17, 15) is 14.4 Å². The number of pyridine rings is 2. The third kappa shape index (κ3) is 9.00. The Kier molecular flexibility index (Phi) is 12.5. The van der Waals surface area contributed by atoms with E-state index in [1.54, 1.807) is 25.3 Å². The van der Waals surface area contributed by atoms with E-state index in [2.05, 4.69) is 67.1 Å². The number of anilines is 3. The molecular weight excluding hydrogens is 812 g/mol. The molecular formula is C49H59FN10O4. The highest BCUT2D eigenvalue weighted by Gasteiger charge is 2.31. The summed E-state index contributed by atoms with van der Waals surface area (Å²) < 4.78 is 23.0. The van der Waals surface area contributed by atoms with Crippen molar-refractivity contribution in [2.24, 2.45) is 13.0 Å². The van der Waals surface area contributed by atoms with Gasteiger partial charge in [0.2, 0.25) is 17.7 Å². The van der Waals surface area contributed by atoms with Crippen LogP contribution in [0.4, 0.5) is 21.6 Å². The minimum absolute atomic E-state index is 0.112. The van der Waals surface area contributed by atoms with E-state index in [0.717, 1.165) is 112 Å². The summed E-state index contributed by atoms with van der Waals surface area (Å²) in [6.45, 7) is 9.90. The second-order valence-corrected chi connectivity index (χ2v) is 18.0. The molecule has 1 unspecified atom stereocenters. The maximum atomic E-state index is 15.2. The molecule has 0 aliphatic carbocycles. The number of nitrogens with zero attached hydrogens (tertiary/aromatic N) is 7. The molecule has 3 amide bonds. The van der Waals surface area contributed by atoms with Gasteiger partial charge in [-0.25, -0.2) is 9.37 Å². The van der Waals surface area contributed by atoms with Crippen LogP contribution in [0.25, 0.3) is 22.2 Å². The van der Waals surface area contributed by atoms with Crippen LogP contribution in [0.3, 0.4) is 0 Å². The number of hydrogen-bond acceptors (Lipinski definition) is 11. The topological polar surface area (TPSA) is 154 Å². The number of piperidine rings is 3. The fourth-order valence-electron chi connectivity index (χ4n) is 10.3. The number of halogens is 1. The monoisotopic (exact) mass is 870 g/mol. The summed E-state index contributed by atoms with van der Waals surface area (Å²) in [6, 6.07) is 21.0. The Morgan fingerprint density at radius 3 is 2.36 bits per heavy atom. The number of nitrogens with two attached hydrogens (primary N) is 1. The second-order valence-electron chi connectivity index (χ2n) is 18.0. The Labute approximate surface area is 373 Å². The van der Waals surface area contributed by atoms with E-state index in [0.29, 0.717) is 41.3 Å². The van der Waals surface area contributed by atoms with E-state index >= 15 is 4.39 Å². The normalized spacial score (nSPS) is 20.1. The summed E-state index contributed by atoms with van der Waals surface area (Å²) in [6.07, 6.45) is 6.55. The number of aromatic nitrogens is 3. The van der Waals surface area contributed by atoms with Gasteiger partial charge in [0, 0.05) is 99.4 Å². The first-order valence-corrected chi connectivity index (χ1v) is 22.8. The fourth-order valence-corrected chi connectivity index (χ4v) is 10.3. The molecule has 0 radical (unpaired) electrons. The Hall–Kier alpha value is -6.06. The number of likely N-dealkylation sites (tertiary alicyclic amines) is 2. The third-order valence-electron chi connectivity index (χ3n) is 14.1. The summed E-state index contributed by atoms with van der Waals surface area (Å²) in [5, 5.41) is 6.45.